The minimum absolute atomic E-state index is 0.0140. The lowest BCUT2D eigenvalue weighted by Crippen LogP contribution is -2.33. The molecule has 1 unspecified atom stereocenters. The zero-order valence-corrected chi connectivity index (χ0v) is 15.9. The first kappa shape index (κ1) is 18.2. The summed E-state index contributed by atoms with van der Waals surface area (Å²) in [7, 11) is 0. The smallest absolute Gasteiger partial charge is 0.340 e. The quantitative estimate of drug-likeness (QED) is 0.562. The molecule has 5 rings (SSSR count). The summed E-state index contributed by atoms with van der Waals surface area (Å²) < 4.78 is 11.9. The fourth-order valence-corrected chi connectivity index (χ4v) is 4.15. The second-order valence-corrected chi connectivity index (χ2v) is 7.43. The van der Waals surface area contributed by atoms with Gasteiger partial charge in [-0.15, -0.1) is 0 Å². The number of aromatic hydroxyl groups is 2. The third-order valence-corrected chi connectivity index (χ3v) is 5.59. The summed E-state index contributed by atoms with van der Waals surface area (Å²) in [6.07, 6.45) is 0. The van der Waals surface area contributed by atoms with Crippen molar-refractivity contribution in [3.05, 3.63) is 82.4 Å². The summed E-state index contributed by atoms with van der Waals surface area (Å²) in [5.41, 5.74) is 7.08. The number of carbonyl (C=O) groups excluding carboxylic acids is 2. The summed E-state index contributed by atoms with van der Waals surface area (Å²) >= 11 is 0. The zero-order chi connectivity index (χ0) is 21.2. The number of carbonyl (C=O) groups is 2. The van der Waals surface area contributed by atoms with Crippen LogP contribution in [0, 0.1) is 0 Å². The number of benzene rings is 3. The van der Waals surface area contributed by atoms with Gasteiger partial charge in [-0.3, -0.25) is 4.79 Å². The Kier molecular flexibility index (Phi) is 3.69. The van der Waals surface area contributed by atoms with Crippen LogP contribution in [0.3, 0.4) is 0 Å². The third kappa shape index (κ3) is 2.36. The second kappa shape index (κ2) is 6.08. The van der Waals surface area contributed by atoms with E-state index in [0.717, 1.165) is 0 Å². The van der Waals surface area contributed by atoms with E-state index in [0.29, 0.717) is 39.3 Å². The molecule has 3 aromatic carbocycles. The Bertz CT molecular complexity index is 1200. The van der Waals surface area contributed by atoms with Crippen LogP contribution in [0.15, 0.2) is 54.6 Å². The monoisotopic (exact) mass is 403 g/mol. The lowest BCUT2D eigenvalue weighted by molar-refractivity contribution is -0.118. The number of hydrogen-bond donors (Lipinski definition) is 3. The number of phenols is 2. The highest BCUT2D eigenvalue weighted by Crippen LogP contribution is 2.57. The number of esters is 1. The average Bonchev–Trinajstić information content (AvgIpc) is 2.99. The highest BCUT2D eigenvalue weighted by Gasteiger charge is 2.53. The van der Waals surface area contributed by atoms with E-state index in [-0.39, 0.29) is 17.3 Å². The summed E-state index contributed by atoms with van der Waals surface area (Å²) in [5, 5.41) is 19.9. The van der Waals surface area contributed by atoms with Gasteiger partial charge in [0.2, 0.25) is 0 Å². The molecule has 0 saturated carbocycles. The standard InChI is InChI=1S/C23H17NO6/c1-11(25)21(24)12-2-5-16-15(8-12)22(28)30-23(16)17-6-3-13(26)9-19(17)29-20-10-14(27)4-7-18(20)23/h2-10,21,26-27H,24H2,1H3. The van der Waals surface area contributed by atoms with Crippen molar-refractivity contribution >= 4 is 11.8 Å². The molecule has 0 saturated heterocycles. The fraction of sp³-hybridized carbons (Fsp3) is 0.130. The van der Waals surface area contributed by atoms with E-state index < -0.39 is 17.6 Å². The molecule has 1 atom stereocenters. The normalized spacial score (nSPS) is 16.1. The molecule has 0 radical (unpaired) electrons. The molecule has 0 fully saturated rings. The van der Waals surface area contributed by atoms with Gasteiger partial charge in [-0.25, -0.2) is 4.79 Å². The molecule has 3 aromatic rings. The lowest BCUT2D eigenvalue weighted by atomic mass is 9.77. The Morgan fingerprint density at radius 2 is 1.50 bits per heavy atom. The number of hydrogen-bond acceptors (Lipinski definition) is 7. The van der Waals surface area contributed by atoms with Gasteiger partial charge in [0, 0.05) is 28.8 Å². The molecular formula is C23H17NO6. The van der Waals surface area contributed by atoms with E-state index in [9.17, 15) is 19.8 Å². The highest BCUT2D eigenvalue weighted by atomic mass is 16.6. The molecular weight excluding hydrogens is 386 g/mol. The minimum atomic E-state index is -1.32. The van der Waals surface area contributed by atoms with Gasteiger partial charge in [-0.05, 0) is 42.8 Å². The van der Waals surface area contributed by atoms with Gasteiger partial charge in [-0.1, -0.05) is 12.1 Å². The van der Waals surface area contributed by atoms with Gasteiger partial charge < -0.3 is 25.4 Å². The molecule has 2 aliphatic heterocycles. The van der Waals surface area contributed by atoms with Crippen molar-refractivity contribution in [3.63, 3.8) is 0 Å². The van der Waals surface area contributed by atoms with Crippen LogP contribution in [-0.2, 0) is 15.1 Å². The molecule has 0 aliphatic carbocycles. The Morgan fingerprint density at radius 3 is 2.07 bits per heavy atom. The molecule has 2 heterocycles. The lowest BCUT2D eigenvalue weighted by Gasteiger charge is -2.36. The van der Waals surface area contributed by atoms with Crippen molar-refractivity contribution in [3.8, 4) is 23.0 Å². The second-order valence-electron chi connectivity index (χ2n) is 7.43. The van der Waals surface area contributed by atoms with Crippen LogP contribution in [0.1, 0.15) is 45.6 Å². The number of Topliss-reactive ketones (excluding diaryl/α,β-unsaturated/α-hetero) is 1. The Labute approximate surface area is 171 Å². The molecule has 7 heteroatoms. The molecule has 0 aromatic heterocycles. The number of ether oxygens (including phenoxy) is 2. The van der Waals surface area contributed by atoms with E-state index in [4.69, 9.17) is 15.2 Å². The molecule has 0 amide bonds. The minimum Gasteiger partial charge on any atom is -0.508 e. The molecule has 150 valence electrons. The van der Waals surface area contributed by atoms with Gasteiger partial charge in [0.1, 0.15) is 23.0 Å². The maximum atomic E-state index is 12.9. The van der Waals surface area contributed by atoms with E-state index in [1.54, 1.807) is 30.3 Å². The van der Waals surface area contributed by atoms with Gasteiger partial charge in [0.15, 0.2) is 11.4 Å². The van der Waals surface area contributed by atoms with Crippen molar-refractivity contribution in [1.29, 1.82) is 0 Å². The van der Waals surface area contributed by atoms with Crippen molar-refractivity contribution in [2.75, 3.05) is 0 Å². The van der Waals surface area contributed by atoms with E-state index in [1.165, 1.54) is 31.2 Å². The molecule has 7 nitrogen and oxygen atoms in total. The van der Waals surface area contributed by atoms with Crippen LogP contribution >= 0.6 is 0 Å². The highest BCUT2D eigenvalue weighted by molar-refractivity contribution is 5.97. The Hall–Kier alpha value is -3.84. The molecule has 2 aliphatic rings. The number of rotatable bonds is 2. The largest absolute Gasteiger partial charge is 0.508 e. The Balaban J connectivity index is 1.81. The first-order valence-corrected chi connectivity index (χ1v) is 9.30. The van der Waals surface area contributed by atoms with Crippen LogP contribution in [0.4, 0.5) is 0 Å². The summed E-state index contributed by atoms with van der Waals surface area (Å²) in [6.45, 7) is 1.39. The fourth-order valence-electron chi connectivity index (χ4n) is 4.15. The number of ketones is 1. The first-order valence-electron chi connectivity index (χ1n) is 9.30. The van der Waals surface area contributed by atoms with Gasteiger partial charge in [-0.2, -0.15) is 0 Å². The SMILES string of the molecule is CC(=O)C(N)c1ccc2c(c1)C(=O)OC21c2ccc(O)cc2Oc2cc(O)ccc21. The topological polar surface area (TPSA) is 119 Å². The van der Waals surface area contributed by atoms with E-state index in [1.807, 2.05) is 0 Å². The van der Waals surface area contributed by atoms with Crippen LogP contribution in [0.5, 0.6) is 23.0 Å². The Morgan fingerprint density at radius 1 is 0.933 bits per heavy atom. The molecule has 4 N–H and O–H groups in total. The summed E-state index contributed by atoms with van der Waals surface area (Å²) in [5.74, 6) is -0.206. The van der Waals surface area contributed by atoms with Crippen LogP contribution in [-0.4, -0.2) is 22.0 Å². The van der Waals surface area contributed by atoms with Gasteiger partial charge >= 0.3 is 5.97 Å². The maximum Gasteiger partial charge on any atom is 0.340 e. The van der Waals surface area contributed by atoms with Crippen molar-refractivity contribution in [1.82, 2.24) is 0 Å². The van der Waals surface area contributed by atoms with Crippen LogP contribution < -0.4 is 10.5 Å². The van der Waals surface area contributed by atoms with E-state index in [2.05, 4.69) is 0 Å². The van der Waals surface area contributed by atoms with Crippen molar-refractivity contribution in [2.24, 2.45) is 5.73 Å². The number of nitrogens with two attached hydrogens (primary N) is 1. The van der Waals surface area contributed by atoms with Crippen molar-refractivity contribution < 1.29 is 29.3 Å². The van der Waals surface area contributed by atoms with E-state index >= 15 is 0 Å². The molecule has 1 spiro atoms. The summed E-state index contributed by atoms with van der Waals surface area (Å²) in [4.78, 5) is 24.7. The zero-order valence-electron chi connectivity index (χ0n) is 15.9. The van der Waals surface area contributed by atoms with Crippen molar-refractivity contribution in [2.45, 2.75) is 18.6 Å². The predicted octanol–water partition coefficient (Wildman–Crippen LogP) is 3.25. The summed E-state index contributed by atoms with van der Waals surface area (Å²) in [6, 6.07) is 13.3. The number of phenolic OH excluding ortho intramolecular Hbond substituents is 2. The van der Waals surface area contributed by atoms with Crippen LogP contribution in [0.25, 0.3) is 0 Å². The third-order valence-electron chi connectivity index (χ3n) is 5.59. The van der Waals surface area contributed by atoms with Gasteiger partial charge in [0.25, 0.3) is 0 Å². The molecule has 30 heavy (non-hydrogen) atoms. The van der Waals surface area contributed by atoms with Crippen LogP contribution in [0.2, 0.25) is 0 Å². The molecule has 0 bridgehead atoms. The number of fused-ring (bicyclic) bond motifs is 6. The predicted molar refractivity (Wildman–Crippen MR) is 106 cm³/mol. The maximum absolute atomic E-state index is 12.9. The first-order chi connectivity index (χ1) is 14.3. The average molecular weight is 403 g/mol. The van der Waals surface area contributed by atoms with Gasteiger partial charge in [0.05, 0.1) is 11.6 Å².